The van der Waals surface area contributed by atoms with Crippen LogP contribution in [0.2, 0.25) is 0 Å². The molecule has 4 heteroatoms. The Balaban J connectivity index is 1.98. The van der Waals surface area contributed by atoms with Gasteiger partial charge in [0.2, 0.25) is 5.91 Å². The summed E-state index contributed by atoms with van der Waals surface area (Å²) in [6.45, 7) is 3.92. The smallest absolute Gasteiger partial charge is 0.224 e. The molecule has 0 aromatic heterocycles. The van der Waals surface area contributed by atoms with Crippen LogP contribution in [0.4, 0.5) is 0 Å². The second-order valence-electron chi connectivity index (χ2n) is 5.29. The molecule has 1 fully saturated rings. The van der Waals surface area contributed by atoms with Crippen molar-refractivity contribution >= 4 is 5.91 Å². The van der Waals surface area contributed by atoms with Crippen molar-refractivity contribution < 1.29 is 9.53 Å². The van der Waals surface area contributed by atoms with Gasteiger partial charge in [-0.3, -0.25) is 4.79 Å². The molecule has 0 aliphatic carbocycles. The van der Waals surface area contributed by atoms with Crippen LogP contribution in [0.5, 0.6) is 5.75 Å². The second-order valence-corrected chi connectivity index (χ2v) is 5.29. The quantitative estimate of drug-likeness (QED) is 0.867. The highest BCUT2D eigenvalue weighted by Gasteiger charge is 2.23. The molecule has 1 saturated heterocycles. The van der Waals surface area contributed by atoms with Crippen molar-refractivity contribution in [3.63, 3.8) is 0 Å². The maximum atomic E-state index is 12.3. The summed E-state index contributed by atoms with van der Waals surface area (Å²) in [6, 6.07) is 7.99. The third-order valence-corrected chi connectivity index (χ3v) is 3.91. The Morgan fingerprint density at radius 1 is 1.45 bits per heavy atom. The van der Waals surface area contributed by atoms with Crippen molar-refractivity contribution in [3.8, 4) is 5.75 Å². The topological polar surface area (TPSA) is 50.4 Å². The van der Waals surface area contributed by atoms with Crippen LogP contribution in [0.25, 0.3) is 0 Å². The van der Waals surface area contributed by atoms with E-state index in [1.807, 2.05) is 24.3 Å². The Morgan fingerprint density at radius 2 is 2.20 bits per heavy atom. The second kappa shape index (κ2) is 7.29. The summed E-state index contributed by atoms with van der Waals surface area (Å²) in [5.74, 6) is 1.11. The van der Waals surface area contributed by atoms with Crippen LogP contribution in [0, 0.1) is 5.92 Å². The number of benzene rings is 1. The molecular weight excluding hydrogens is 252 g/mol. The maximum absolute atomic E-state index is 12.3. The van der Waals surface area contributed by atoms with Crippen LogP contribution in [0.3, 0.4) is 0 Å². The number of carbonyl (C=O) groups excluding carboxylic acids is 1. The Morgan fingerprint density at radius 3 is 2.75 bits per heavy atom. The predicted molar refractivity (Wildman–Crippen MR) is 79.8 cm³/mol. The lowest BCUT2D eigenvalue weighted by molar-refractivity contribution is -0.126. The highest BCUT2D eigenvalue weighted by Crippen LogP contribution is 2.21. The van der Waals surface area contributed by atoms with Crippen LogP contribution in [0.1, 0.15) is 37.8 Å². The van der Waals surface area contributed by atoms with Crippen molar-refractivity contribution in [2.45, 2.75) is 32.2 Å². The monoisotopic (exact) mass is 276 g/mol. The van der Waals surface area contributed by atoms with Crippen LogP contribution in [-0.2, 0) is 4.79 Å². The highest BCUT2D eigenvalue weighted by atomic mass is 16.5. The first kappa shape index (κ1) is 14.9. The number of nitrogens with one attached hydrogen (secondary N) is 2. The predicted octanol–water partition coefficient (Wildman–Crippen LogP) is 2.26. The first-order chi connectivity index (χ1) is 9.74. The fourth-order valence-corrected chi connectivity index (χ4v) is 2.62. The third-order valence-electron chi connectivity index (χ3n) is 3.91. The van der Waals surface area contributed by atoms with Gasteiger partial charge in [-0.1, -0.05) is 19.1 Å². The number of piperidine rings is 1. The van der Waals surface area contributed by atoms with Crippen molar-refractivity contribution in [2.24, 2.45) is 5.92 Å². The number of hydrogen-bond acceptors (Lipinski definition) is 3. The molecule has 0 radical (unpaired) electrons. The van der Waals surface area contributed by atoms with E-state index in [-0.39, 0.29) is 17.9 Å². The highest BCUT2D eigenvalue weighted by molar-refractivity contribution is 5.79. The normalized spacial score (nSPS) is 20.2. The molecule has 2 N–H and O–H groups in total. The lowest BCUT2D eigenvalue weighted by atomic mass is 9.97. The lowest BCUT2D eigenvalue weighted by Gasteiger charge is -2.25. The van der Waals surface area contributed by atoms with Crippen molar-refractivity contribution in [1.82, 2.24) is 10.6 Å². The fraction of sp³-hybridized carbons (Fsp3) is 0.562. The summed E-state index contributed by atoms with van der Waals surface area (Å²) < 4.78 is 5.16. The minimum atomic E-state index is 0.0790. The Hall–Kier alpha value is -1.55. The van der Waals surface area contributed by atoms with E-state index in [9.17, 15) is 4.79 Å². The van der Waals surface area contributed by atoms with E-state index in [0.29, 0.717) is 0 Å². The van der Waals surface area contributed by atoms with Gasteiger partial charge in [-0.2, -0.15) is 0 Å². The number of amides is 1. The summed E-state index contributed by atoms with van der Waals surface area (Å²) in [5.41, 5.74) is 1.13. The van der Waals surface area contributed by atoms with Crippen LogP contribution >= 0.6 is 0 Å². The molecule has 20 heavy (non-hydrogen) atoms. The molecule has 1 heterocycles. The molecule has 1 aromatic rings. The number of carbonyl (C=O) groups is 1. The molecule has 1 aliphatic rings. The molecule has 0 bridgehead atoms. The van der Waals surface area contributed by atoms with Gasteiger partial charge in [0, 0.05) is 6.54 Å². The van der Waals surface area contributed by atoms with Gasteiger partial charge in [-0.05, 0) is 43.5 Å². The van der Waals surface area contributed by atoms with Crippen molar-refractivity contribution in [1.29, 1.82) is 0 Å². The van der Waals surface area contributed by atoms with Crippen LogP contribution in [0.15, 0.2) is 24.3 Å². The fourth-order valence-electron chi connectivity index (χ4n) is 2.62. The first-order valence-corrected chi connectivity index (χ1v) is 7.39. The molecule has 4 nitrogen and oxygen atoms in total. The van der Waals surface area contributed by atoms with Crippen molar-refractivity contribution in [2.75, 3.05) is 20.2 Å². The molecule has 0 saturated carbocycles. The lowest BCUT2D eigenvalue weighted by Crippen LogP contribution is -2.41. The molecule has 110 valence electrons. The zero-order chi connectivity index (χ0) is 14.4. The van der Waals surface area contributed by atoms with Gasteiger partial charge in [0.1, 0.15) is 5.75 Å². The molecule has 1 unspecified atom stereocenters. The molecular formula is C16H24N2O2. The summed E-state index contributed by atoms with van der Waals surface area (Å²) in [7, 11) is 1.66. The molecule has 2 rings (SSSR count). The number of methoxy groups -OCH3 is 1. The zero-order valence-corrected chi connectivity index (χ0v) is 12.3. The Bertz CT molecular complexity index is 425. The molecule has 1 amide bonds. The minimum Gasteiger partial charge on any atom is -0.497 e. The molecule has 2 atom stereocenters. The van der Waals surface area contributed by atoms with E-state index in [4.69, 9.17) is 4.74 Å². The maximum Gasteiger partial charge on any atom is 0.224 e. The van der Waals surface area contributed by atoms with E-state index in [1.54, 1.807) is 7.11 Å². The van der Waals surface area contributed by atoms with Gasteiger partial charge in [0.15, 0.2) is 0 Å². The van der Waals surface area contributed by atoms with Crippen molar-refractivity contribution in [3.05, 3.63) is 29.8 Å². The van der Waals surface area contributed by atoms with E-state index < -0.39 is 0 Å². The van der Waals surface area contributed by atoms with Gasteiger partial charge in [0.25, 0.3) is 0 Å². The van der Waals surface area contributed by atoms with Crippen LogP contribution in [-0.4, -0.2) is 26.1 Å². The third kappa shape index (κ3) is 3.73. The van der Waals surface area contributed by atoms with Crippen LogP contribution < -0.4 is 15.4 Å². The Kier molecular flexibility index (Phi) is 5.41. The summed E-state index contributed by atoms with van der Waals surface area (Å²) in [4.78, 5) is 12.3. The molecule has 1 aliphatic heterocycles. The molecule has 1 aromatic carbocycles. The Labute approximate surface area is 120 Å². The minimum absolute atomic E-state index is 0.0790. The average Bonchev–Trinajstić information content (AvgIpc) is 2.53. The van der Waals surface area contributed by atoms with Gasteiger partial charge < -0.3 is 15.4 Å². The number of hydrogen-bond donors (Lipinski definition) is 2. The van der Waals surface area contributed by atoms with E-state index >= 15 is 0 Å². The van der Waals surface area contributed by atoms with E-state index in [1.165, 1.54) is 0 Å². The van der Waals surface area contributed by atoms with Gasteiger partial charge in [-0.15, -0.1) is 0 Å². The SMILES string of the molecule is CCC(NC(=O)[C@@H]1CCCNC1)c1ccc(OC)cc1. The van der Waals surface area contributed by atoms with Gasteiger partial charge in [0.05, 0.1) is 19.1 Å². The van der Waals surface area contributed by atoms with E-state index in [2.05, 4.69) is 17.6 Å². The standard InChI is InChI=1S/C16H24N2O2/c1-3-15(12-6-8-14(20-2)9-7-12)18-16(19)13-5-4-10-17-11-13/h6-9,13,15,17H,3-5,10-11H2,1-2H3,(H,18,19)/t13-,15?/m1/s1. The first-order valence-electron chi connectivity index (χ1n) is 7.39. The zero-order valence-electron chi connectivity index (χ0n) is 12.3. The largest absolute Gasteiger partial charge is 0.497 e. The summed E-state index contributed by atoms with van der Waals surface area (Å²) in [6.07, 6.45) is 2.95. The van der Waals surface area contributed by atoms with Gasteiger partial charge in [-0.25, -0.2) is 0 Å². The summed E-state index contributed by atoms with van der Waals surface area (Å²) >= 11 is 0. The average molecular weight is 276 g/mol. The van der Waals surface area contributed by atoms with E-state index in [0.717, 1.165) is 43.7 Å². The number of rotatable bonds is 5. The molecule has 0 spiro atoms. The number of ether oxygens (including phenoxy) is 1. The van der Waals surface area contributed by atoms with Gasteiger partial charge >= 0.3 is 0 Å². The summed E-state index contributed by atoms with van der Waals surface area (Å²) in [5, 5.41) is 6.45.